The molecule has 0 amide bonds. The Balaban J connectivity index is 2.24. The molecule has 0 bridgehead atoms. The van der Waals surface area contributed by atoms with Gasteiger partial charge in [-0.2, -0.15) is 5.26 Å². The topological polar surface area (TPSA) is 23.8 Å². The van der Waals surface area contributed by atoms with Crippen molar-refractivity contribution >= 4 is 0 Å². The van der Waals surface area contributed by atoms with Crippen LogP contribution in [0.25, 0.3) is 0 Å². The first-order valence-electron chi connectivity index (χ1n) is 6.38. The lowest BCUT2D eigenvalue weighted by Gasteiger charge is -2.21. The van der Waals surface area contributed by atoms with Gasteiger partial charge in [0.2, 0.25) is 0 Å². The van der Waals surface area contributed by atoms with Crippen molar-refractivity contribution < 1.29 is 0 Å². The van der Waals surface area contributed by atoms with Crippen molar-refractivity contribution in [2.75, 3.05) is 0 Å². The summed E-state index contributed by atoms with van der Waals surface area (Å²) in [6, 6.07) is 9.19. The van der Waals surface area contributed by atoms with Crippen LogP contribution < -0.4 is 0 Å². The molecule has 0 saturated heterocycles. The van der Waals surface area contributed by atoms with Crippen LogP contribution in [0, 0.1) is 23.7 Å². The molecule has 1 fully saturated rings. The Hall–Kier alpha value is -1.29. The largest absolute Gasteiger partial charge is 0.198 e. The fourth-order valence-corrected chi connectivity index (χ4v) is 2.20. The average Bonchev–Trinajstić information content (AvgIpc) is 3.00. The van der Waals surface area contributed by atoms with E-state index in [-0.39, 0.29) is 10.8 Å². The molecule has 0 aromatic heterocycles. The number of benzene rings is 1. The van der Waals surface area contributed by atoms with Crippen molar-refractivity contribution in [2.24, 2.45) is 5.41 Å². The van der Waals surface area contributed by atoms with Crippen LogP contribution >= 0.6 is 0 Å². The zero-order valence-corrected chi connectivity index (χ0v) is 11.3. The Morgan fingerprint density at radius 3 is 2.35 bits per heavy atom. The molecule has 1 aliphatic rings. The van der Waals surface area contributed by atoms with Gasteiger partial charge in [-0.3, -0.25) is 0 Å². The van der Waals surface area contributed by atoms with E-state index in [4.69, 9.17) is 5.26 Å². The normalized spacial score (nSPS) is 17.6. The van der Waals surface area contributed by atoms with Crippen LogP contribution in [0.5, 0.6) is 0 Å². The molecule has 1 aliphatic carbocycles. The molecule has 2 rings (SSSR count). The molecule has 0 N–H and O–H groups in total. The van der Waals surface area contributed by atoms with Gasteiger partial charge < -0.3 is 0 Å². The third-order valence-corrected chi connectivity index (χ3v) is 3.83. The smallest absolute Gasteiger partial charge is 0.0693 e. The SMILES string of the molecule is Cc1cc(C(C)(C)C)ccc1CC1(C#N)CC1. The minimum absolute atomic E-state index is 0.0337. The first-order valence-corrected chi connectivity index (χ1v) is 6.38. The minimum Gasteiger partial charge on any atom is -0.198 e. The standard InChI is InChI=1S/C16H21N/c1-12-9-14(15(2,3)4)6-5-13(12)10-16(11-17)7-8-16/h5-6,9H,7-8,10H2,1-4H3. The molecule has 1 heteroatoms. The lowest BCUT2D eigenvalue weighted by atomic mass is 9.84. The van der Waals surface area contributed by atoms with Gasteiger partial charge in [-0.1, -0.05) is 39.0 Å². The van der Waals surface area contributed by atoms with E-state index in [9.17, 15) is 0 Å². The lowest BCUT2D eigenvalue weighted by molar-refractivity contribution is 0.588. The summed E-state index contributed by atoms with van der Waals surface area (Å²) in [6.07, 6.45) is 3.08. The Labute approximate surface area is 104 Å². The van der Waals surface area contributed by atoms with Crippen LogP contribution in [0.1, 0.15) is 50.3 Å². The molecule has 0 radical (unpaired) electrons. The molecule has 1 aromatic carbocycles. The van der Waals surface area contributed by atoms with Gasteiger partial charge in [0, 0.05) is 0 Å². The quantitative estimate of drug-likeness (QED) is 0.745. The maximum absolute atomic E-state index is 9.14. The van der Waals surface area contributed by atoms with E-state index in [0.29, 0.717) is 0 Å². The highest BCUT2D eigenvalue weighted by molar-refractivity contribution is 5.36. The van der Waals surface area contributed by atoms with Gasteiger partial charge in [-0.15, -0.1) is 0 Å². The highest BCUT2D eigenvalue weighted by atomic mass is 14.5. The van der Waals surface area contributed by atoms with E-state index >= 15 is 0 Å². The molecule has 0 atom stereocenters. The Bertz CT molecular complexity index is 467. The summed E-state index contributed by atoms with van der Waals surface area (Å²) in [5.41, 5.74) is 4.22. The van der Waals surface area contributed by atoms with Gasteiger partial charge in [-0.05, 0) is 48.3 Å². The molecular formula is C16H21N. The van der Waals surface area contributed by atoms with Gasteiger partial charge in [-0.25, -0.2) is 0 Å². The second-order valence-electron chi connectivity index (χ2n) is 6.46. The number of nitrogens with zero attached hydrogens (tertiary/aromatic N) is 1. The molecule has 0 unspecified atom stereocenters. The summed E-state index contributed by atoms with van der Waals surface area (Å²) in [7, 11) is 0. The molecule has 0 spiro atoms. The molecule has 0 heterocycles. The number of nitriles is 1. The number of hydrogen-bond donors (Lipinski definition) is 0. The maximum atomic E-state index is 9.14. The Kier molecular flexibility index (Phi) is 2.78. The summed E-state index contributed by atoms with van der Waals surface area (Å²) in [5, 5.41) is 9.14. The third-order valence-electron chi connectivity index (χ3n) is 3.83. The summed E-state index contributed by atoms with van der Waals surface area (Å²) in [4.78, 5) is 0. The van der Waals surface area contributed by atoms with Crippen molar-refractivity contribution in [3.8, 4) is 6.07 Å². The van der Waals surface area contributed by atoms with E-state index in [1.165, 1.54) is 16.7 Å². The third kappa shape index (κ3) is 2.52. The van der Waals surface area contributed by atoms with Crippen molar-refractivity contribution in [1.29, 1.82) is 5.26 Å². The molecule has 1 saturated carbocycles. The van der Waals surface area contributed by atoms with Crippen LogP contribution in [0.3, 0.4) is 0 Å². The first-order chi connectivity index (χ1) is 7.86. The molecular weight excluding hydrogens is 206 g/mol. The highest BCUT2D eigenvalue weighted by Crippen LogP contribution is 2.48. The fraction of sp³-hybridized carbons (Fsp3) is 0.562. The zero-order valence-electron chi connectivity index (χ0n) is 11.3. The molecule has 90 valence electrons. The van der Waals surface area contributed by atoms with E-state index in [2.05, 4.69) is 52.0 Å². The number of rotatable bonds is 2. The van der Waals surface area contributed by atoms with Crippen molar-refractivity contribution in [2.45, 2.75) is 52.4 Å². The summed E-state index contributed by atoms with van der Waals surface area (Å²) >= 11 is 0. The predicted molar refractivity (Wildman–Crippen MR) is 70.9 cm³/mol. The Morgan fingerprint density at radius 2 is 1.94 bits per heavy atom. The van der Waals surface area contributed by atoms with Crippen LogP contribution in [0.4, 0.5) is 0 Å². The lowest BCUT2D eigenvalue weighted by Crippen LogP contribution is -2.12. The van der Waals surface area contributed by atoms with Crippen molar-refractivity contribution in [3.05, 3.63) is 34.9 Å². The van der Waals surface area contributed by atoms with Gasteiger partial charge in [0.1, 0.15) is 0 Å². The van der Waals surface area contributed by atoms with Crippen LogP contribution in [0.15, 0.2) is 18.2 Å². The van der Waals surface area contributed by atoms with E-state index in [1.54, 1.807) is 0 Å². The van der Waals surface area contributed by atoms with Gasteiger partial charge >= 0.3 is 0 Å². The van der Waals surface area contributed by atoms with Gasteiger partial charge in [0.05, 0.1) is 11.5 Å². The number of hydrogen-bond acceptors (Lipinski definition) is 1. The fourth-order valence-electron chi connectivity index (χ4n) is 2.20. The van der Waals surface area contributed by atoms with Crippen molar-refractivity contribution in [1.82, 2.24) is 0 Å². The number of aryl methyl sites for hydroxylation is 1. The zero-order chi connectivity index (χ0) is 12.7. The monoisotopic (exact) mass is 227 g/mol. The van der Waals surface area contributed by atoms with Crippen molar-refractivity contribution in [3.63, 3.8) is 0 Å². The highest BCUT2D eigenvalue weighted by Gasteiger charge is 2.43. The second kappa shape index (κ2) is 3.88. The van der Waals surface area contributed by atoms with Crippen LogP contribution in [-0.4, -0.2) is 0 Å². The molecule has 1 nitrogen and oxygen atoms in total. The molecule has 0 aliphatic heterocycles. The maximum Gasteiger partial charge on any atom is 0.0693 e. The van der Waals surface area contributed by atoms with Crippen LogP contribution in [0.2, 0.25) is 0 Å². The van der Waals surface area contributed by atoms with E-state index in [0.717, 1.165) is 19.3 Å². The van der Waals surface area contributed by atoms with Gasteiger partial charge in [0.25, 0.3) is 0 Å². The minimum atomic E-state index is -0.0337. The summed E-state index contributed by atoms with van der Waals surface area (Å²) in [5.74, 6) is 0. The summed E-state index contributed by atoms with van der Waals surface area (Å²) < 4.78 is 0. The van der Waals surface area contributed by atoms with Crippen LogP contribution in [-0.2, 0) is 11.8 Å². The molecule has 1 aromatic rings. The van der Waals surface area contributed by atoms with Gasteiger partial charge in [0.15, 0.2) is 0 Å². The first kappa shape index (κ1) is 12.2. The average molecular weight is 227 g/mol. The molecule has 17 heavy (non-hydrogen) atoms. The summed E-state index contributed by atoms with van der Waals surface area (Å²) in [6.45, 7) is 8.87. The predicted octanol–water partition coefficient (Wildman–Crippen LogP) is 4.14. The van der Waals surface area contributed by atoms with E-state index < -0.39 is 0 Å². The second-order valence-corrected chi connectivity index (χ2v) is 6.46. The van der Waals surface area contributed by atoms with E-state index in [1.807, 2.05) is 0 Å². The Morgan fingerprint density at radius 1 is 1.29 bits per heavy atom.